The summed E-state index contributed by atoms with van der Waals surface area (Å²) in [5, 5.41) is 3.69. The second kappa shape index (κ2) is 4.87. The van der Waals surface area contributed by atoms with Gasteiger partial charge in [0.2, 0.25) is 0 Å². The van der Waals surface area contributed by atoms with Gasteiger partial charge in [-0.2, -0.15) is 11.8 Å². The molecule has 2 saturated heterocycles. The first-order valence-corrected chi connectivity index (χ1v) is 7.73. The minimum atomic E-state index is 0.290. The van der Waals surface area contributed by atoms with Crippen LogP contribution in [-0.2, 0) is 0 Å². The smallest absolute Gasteiger partial charge is 0.0253 e. The van der Waals surface area contributed by atoms with Crippen LogP contribution in [0.1, 0.15) is 34.1 Å². The van der Waals surface area contributed by atoms with Crippen LogP contribution in [0.5, 0.6) is 0 Å². The molecule has 2 atom stereocenters. The van der Waals surface area contributed by atoms with Crippen molar-refractivity contribution in [3.8, 4) is 0 Å². The van der Waals surface area contributed by atoms with E-state index in [4.69, 9.17) is 0 Å². The Labute approximate surface area is 105 Å². The van der Waals surface area contributed by atoms with Gasteiger partial charge in [0.05, 0.1) is 0 Å². The molecule has 2 rings (SSSR count). The second-order valence-electron chi connectivity index (χ2n) is 6.27. The molecule has 94 valence electrons. The SMILES string of the molecule is CC(C)C1CNC(C)(C)CN1C1CCSC1. The summed E-state index contributed by atoms with van der Waals surface area (Å²) in [4.78, 5) is 2.79. The highest BCUT2D eigenvalue weighted by atomic mass is 32.2. The maximum atomic E-state index is 3.69. The lowest BCUT2D eigenvalue weighted by Crippen LogP contribution is -2.65. The largest absolute Gasteiger partial charge is 0.309 e. The molecule has 0 aromatic rings. The highest BCUT2D eigenvalue weighted by Gasteiger charge is 2.38. The number of thioether (sulfide) groups is 1. The standard InChI is InChI=1S/C13H26N2S/c1-10(2)12-7-14-13(3,4)9-15(12)11-5-6-16-8-11/h10-12,14H,5-9H2,1-4H3. The first kappa shape index (κ1) is 12.7. The van der Waals surface area contributed by atoms with Gasteiger partial charge in [-0.15, -0.1) is 0 Å². The number of rotatable bonds is 2. The zero-order valence-corrected chi connectivity index (χ0v) is 11.9. The van der Waals surface area contributed by atoms with E-state index >= 15 is 0 Å². The lowest BCUT2D eigenvalue weighted by Gasteiger charge is -2.48. The molecule has 0 bridgehead atoms. The second-order valence-corrected chi connectivity index (χ2v) is 7.42. The van der Waals surface area contributed by atoms with E-state index in [0.717, 1.165) is 24.5 Å². The zero-order chi connectivity index (χ0) is 11.8. The van der Waals surface area contributed by atoms with Gasteiger partial charge in [0, 0.05) is 36.5 Å². The van der Waals surface area contributed by atoms with Gasteiger partial charge in [0.15, 0.2) is 0 Å². The van der Waals surface area contributed by atoms with Gasteiger partial charge in [-0.3, -0.25) is 4.90 Å². The third-order valence-corrected chi connectivity index (χ3v) is 5.08. The lowest BCUT2D eigenvalue weighted by molar-refractivity contribution is 0.0402. The van der Waals surface area contributed by atoms with E-state index < -0.39 is 0 Å². The van der Waals surface area contributed by atoms with Crippen molar-refractivity contribution in [2.24, 2.45) is 5.92 Å². The molecule has 2 nitrogen and oxygen atoms in total. The van der Waals surface area contributed by atoms with Crippen molar-refractivity contribution in [1.29, 1.82) is 0 Å². The van der Waals surface area contributed by atoms with Crippen molar-refractivity contribution in [1.82, 2.24) is 10.2 Å². The van der Waals surface area contributed by atoms with Gasteiger partial charge < -0.3 is 5.32 Å². The summed E-state index contributed by atoms with van der Waals surface area (Å²) < 4.78 is 0. The molecule has 0 radical (unpaired) electrons. The molecule has 16 heavy (non-hydrogen) atoms. The quantitative estimate of drug-likeness (QED) is 0.799. The summed E-state index contributed by atoms with van der Waals surface area (Å²) in [5.41, 5.74) is 0.290. The van der Waals surface area contributed by atoms with E-state index in [1.54, 1.807) is 0 Å². The van der Waals surface area contributed by atoms with E-state index in [0.29, 0.717) is 5.54 Å². The monoisotopic (exact) mass is 242 g/mol. The van der Waals surface area contributed by atoms with Gasteiger partial charge in [0.25, 0.3) is 0 Å². The first-order valence-electron chi connectivity index (χ1n) is 6.58. The topological polar surface area (TPSA) is 15.3 Å². The third kappa shape index (κ3) is 2.74. The fraction of sp³-hybridized carbons (Fsp3) is 1.00. The van der Waals surface area contributed by atoms with E-state index in [9.17, 15) is 0 Å². The maximum Gasteiger partial charge on any atom is 0.0253 e. The molecule has 2 unspecified atom stereocenters. The number of hydrogen-bond donors (Lipinski definition) is 1. The predicted octanol–water partition coefficient (Wildman–Crippen LogP) is 2.20. The molecule has 2 aliphatic rings. The Morgan fingerprint density at radius 2 is 2.12 bits per heavy atom. The highest BCUT2D eigenvalue weighted by molar-refractivity contribution is 7.99. The summed E-state index contributed by atoms with van der Waals surface area (Å²) in [7, 11) is 0. The molecular formula is C13H26N2S. The Morgan fingerprint density at radius 1 is 1.38 bits per heavy atom. The fourth-order valence-corrected chi connectivity index (χ4v) is 4.17. The van der Waals surface area contributed by atoms with Crippen LogP contribution in [0.15, 0.2) is 0 Å². The highest BCUT2D eigenvalue weighted by Crippen LogP contribution is 2.29. The fourth-order valence-electron chi connectivity index (χ4n) is 2.93. The van der Waals surface area contributed by atoms with Crippen LogP contribution in [0.4, 0.5) is 0 Å². The van der Waals surface area contributed by atoms with Gasteiger partial charge in [-0.25, -0.2) is 0 Å². The Hall–Kier alpha value is 0.270. The maximum absolute atomic E-state index is 3.69. The molecule has 0 saturated carbocycles. The van der Waals surface area contributed by atoms with Gasteiger partial charge >= 0.3 is 0 Å². The van der Waals surface area contributed by atoms with Crippen LogP contribution >= 0.6 is 11.8 Å². The Morgan fingerprint density at radius 3 is 2.69 bits per heavy atom. The Kier molecular flexibility index (Phi) is 3.87. The molecule has 2 heterocycles. The predicted molar refractivity (Wildman–Crippen MR) is 73.1 cm³/mol. The van der Waals surface area contributed by atoms with Crippen molar-refractivity contribution in [3.63, 3.8) is 0 Å². The summed E-state index contributed by atoms with van der Waals surface area (Å²) in [6, 6.07) is 1.57. The molecule has 0 aromatic heterocycles. The van der Waals surface area contributed by atoms with Crippen LogP contribution in [0, 0.1) is 5.92 Å². The normalized spacial score (nSPS) is 35.8. The Bertz CT molecular complexity index is 234. The summed E-state index contributed by atoms with van der Waals surface area (Å²) in [6.45, 7) is 11.8. The minimum absolute atomic E-state index is 0.290. The summed E-state index contributed by atoms with van der Waals surface area (Å²) >= 11 is 2.13. The molecule has 3 heteroatoms. The van der Waals surface area contributed by atoms with Crippen LogP contribution in [-0.4, -0.2) is 47.1 Å². The van der Waals surface area contributed by atoms with Crippen LogP contribution in [0.25, 0.3) is 0 Å². The average molecular weight is 242 g/mol. The lowest BCUT2D eigenvalue weighted by atomic mass is 9.91. The zero-order valence-electron chi connectivity index (χ0n) is 11.1. The molecule has 2 aliphatic heterocycles. The number of nitrogens with one attached hydrogen (secondary N) is 1. The van der Waals surface area contributed by atoms with E-state index in [1.807, 2.05) is 0 Å². The van der Waals surface area contributed by atoms with Gasteiger partial charge in [-0.1, -0.05) is 13.8 Å². The van der Waals surface area contributed by atoms with Crippen molar-refractivity contribution in [2.75, 3.05) is 24.6 Å². The van der Waals surface area contributed by atoms with Gasteiger partial charge in [-0.05, 0) is 31.9 Å². The molecule has 0 spiro atoms. The summed E-state index contributed by atoms with van der Waals surface area (Å²) in [5.74, 6) is 3.47. The molecule has 2 fully saturated rings. The number of hydrogen-bond acceptors (Lipinski definition) is 3. The third-order valence-electron chi connectivity index (χ3n) is 3.94. The average Bonchev–Trinajstić information content (AvgIpc) is 2.68. The van der Waals surface area contributed by atoms with E-state index in [-0.39, 0.29) is 0 Å². The van der Waals surface area contributed by atoms with Crippen molar-refractivity contribution in [2.45, 2.75) is 51.7 Å². The molecule has 0 aromatic carbocycles. The molecule has 1 N–H and O–H groups in total. The minimum Gasteiger partial charge on any atom is -0.309 e. The molecular weight excluding hydrogens is 216 g/mol. The summed E-state index contributed by atoms with van der Waals surface area (Å²) in [6.07, 6.45) is 1.39. The number of piperazine rings is 1. The van der Waals surface area contributed by atoms with Crippen LogP contribution in [0.2, 0.25) is 0 Å². The molecule has 0 amide bonds. The Balaban J connectivity index is 2.07. The van der Waals surface area contributed by atoms with E-state index in [1.165, 1.54) is 24.5 Å². The van der Waals surface area contributed by atoms with Crippen molar-refractivity contribution >= 4 is 11.8 Å². The first-order chi connectivity index (χ1) is 7.49. The van der Waals surface area contributed by atoms with Crippen LogP contribution in [0.3, 0.4) is 0 Å². The number of nitrogens with zero attached hydrogens (tertiary/aromatic N) is 1. The van der Waals surface area contributed by atoms with Gasteiger partial charge in [0.1, 0.15) is 0 Å². The van der Waals surface area contributed by atoms with E-state index in [2.05, 4.69) is 49.7 Å². The molecule has 0 aliphatic carbocycles. The van der Waals surface area contributed by atoms with Crippen molar-refractivity contribution < 1.29 is 0 Å². The van der Waals surface area contributed by atoms with Crippen LogP contribution < -0.4 is 5.32 Å². The van der Waals surface area contributed by atoms with Crippen molar-refractivity contribution in [3.05, 3.63) is 0 Å².